The van der Waals surface area contributed by atoms with Crippen molar-refractivity contribution in [3.63, 3.8) is 0 Å². The van der Waals surface area contributed by atoms with Gasteiger partial charge in [-0.05, 0) is 25.1 Å². The lowest BCUT2D eigenvalue weighted by atomic mass is 10.2. The van der Waals surface area contributed by atoms with E-state index in [1.54, 1.807) is 55.2 Å². The molecule has 0 unspecified atom stereocenters. The highest BCUT2D eigenvalue weighted by Crippen LogP contribution is 2.24. The quantitative estimate of drug-likeness (QED) is 0.563. The summed E-state index contributed by atoms with van der Waals surface area (Å²) in [6.07, 6.45) is 7.77. The fraction of sp³-hybridized carbons (Fsp3) is 0.111. The molecule has 0 spiro atoms. The molecule has 0 radical (unpaired) electrons. The van der Waals surface area contributed by atoms with E-state index < -0.39 is 5.91 Å². The molecular weight excluding hydrogens is 362 g/mol. The number of aryl methyl sites for hydroxylation is 1. The standard InChI is InChI=1S/C18H15N7O3/c1-11-19-7-14(8-20-11)28-13-5-15(17-24-22-10-25(17)9-13)18(26)23-16-4-3-12(27-2)6-21-16/h3-10H,1-2H3,(H,21,23,26). The van der Waals surface area contributed by atoms with Crippen LogP contribution in [0.25, 0.3) is 5.65 Å². The van der Waals surface area contributed by atoms with Gasteiger partial charge in [0.15, 0.2) is 11.4 Å². The van der Waals surface area contributed by atoms with E-state index in [0.29, 0.717) is 34.5 Å². The molecule has 0 saturated heterocycles. The molecule has 4 aromatic rings. The third-order valence-corrected chi connectivity index (χ3v) is 3.82. The molecule has 0 bridgehead atoms. The largest absolute Gasteiger partial charge is 0.495 e. The molecule has 0 aliphatic heterocycles. The van der Waals surface area contributed by atoms with Gasteiger partial charge in [-0.15, -0.1) is 10.2 Å². The maximum Gasteiger partial charge on any atom is 0.260 e. The molecule has 28 heavy (non-hydrogen) atoms. The average molecular weight is 377 g/mol. The predicted octanol–water partition coefficient (Wildman–Crippen LogP) is 2.28. The second-order valence-electron chi connectivity index (χ2n) is 5.76. The van der Waals surface area contributed by atoms with Gasteiger partial charge in [-0.25, -0.2) is 15.0 Å². The van der Waals surface area contributed by atoms with E-state index >= 15 is 0 Å². The molecule has 10 heteroatoms. The lowest BCUT2D eigenvalue weighted by molar-refractivity contribution is 0.102. The normalized spacial score (nSPS) is 10.6. The van der Waals surface area contributed by atoms with Crippen molar-refractivity contribution in [3.05, 3.63) is 60.7 Å². The number of hydrogen-bond donors (Lipinski definition) is 1. The fourth-order valence-electron chi connectivity index (χ4n) is 2.46. The zero-order valence-corrected chi connectivity index (χ0v) is 15.0. The Balaban J connectivity index is 1.63. The van der Waals surface area contributed by atoms with Crippen molar-refractivity contribution in [1.82, 2.24) is 29.5 Å². The molecule has 4 rings (SSSR count). The van der Waals surface area contributed by atoms with Crippen molar-refractivity contribution in [3.8, 4) is 17.2 Å². The summed E-state index contributed by atoms with van der Waals surface area (Å²) in [4.78, 5) is 25.1. The van der Waals surface area contributed by atoms with Gasteiger partial charge < -0.3 is 14.8 Å². The van der Waals surface area contributed by atoms with Crippen LogP contribution in [0.2, 0.25) is 0 Å². The zero-order valence-electron chi connectivity index (χ0n) is 15.0. The topological polar surface area (TPSA) is 116 Å². The third-order valence-electron chi connectivity index (χ3n) is 3.82. The van der Waals surface area contributed by atoms with E-state index in [0.717, 1.165) is 0 Å². The van der Waals surface area contributed by atoms with Gasteiger partial charge in [-0.3, -0.25) is 9.20 Å². The van der Waals surface area contributed by atoms with E-state index in [4.69, 9.17) is 9.47 Å². The molecule has 1 N–H and O–H groups in total. The average Bonchev–Trinajstić information content (AvgIpc) is 3.18. The minimum atomic E-state index is -0.402. The summed E-state index contributed by atoms with van der Waals surface area (Å²) in [6.45, 7) is 1.78. The summed E-state index contributed by atoms with van der Waals surface area (Å²) in [6, 6.07) is 4.91. The summed E-state index contributed by atoms with van der Waals surface area (Å²) in [5.41, 5.74) is 0.666. The van der Waals surface area contributed by atoms with Crippen LogP contribution < -0.4 is 14.8 Å². The lowest BCUT2D eigenvalue weighted by Crippen LogP contribution is -2.14. The Morgan fingerprint density at radius 3 is 2.57 bits per heavy atom. The Labute approximate surface area is 159 Å². The van der Waals surface area contributed by atoms with E-state index in [1.807, 2.05) is 0 Å². The number of amides is 1. The number of nitrogens with one attached hydrogen (secondary N) is 1. The van der Waals surface area contributed by atoms with E-state index in [2.05, 4.69) is 30.5 Å². The van der Waals surface area contributed by atoms with Gasteiger partial charge in [0.2, 0.25) is 0 Å². The van der Waals surface area contributed by atoms with Gasteiger partial charge in [0.25, 0.3) is 5.91 Å². The summed E-state index contributed by atoms with van der Waals surface area (Å²) < 4.78 is 12.4. The van der Waals surface area contributed by atoms with Crippen LogP contribution in [0.4, 0.5) is 5.82 Å². The van der Waals surface area contributed by atoms with Crippen LogP contribution in [-0.4, -0.2) is 42.6 Å². The van der Waals surface area contributed by atoms with Crippen LogP contribution in [0.15, 0.2) is 49.3 Å². The first-order valence-electron chi connectivity index (χ1n) is 8.23. The molecule has 0 aromatic carbocycles. The van der Waals surface area contributed by atoms with Crippen molar-refractivity contribution in [2.45, 2.75) is 6.92 Å². The number of aromatic nitrogens is 6. The number of anilines is 1. The van der Waals surface area contributed by atoms with Crippen molar-refractivity contribution in [1.29, 1.82) is 0 Å². The van der Waals surface area contributed by atoms with Gasteiger partial charge in [0.05, 0.1) is 37.5 Å². The molecule has 0 atom stereocenters. The third kappa shape index (κ3) is 3.56. The lowest BCUT2D eigenvalue weighted by Gasteiger charge is -2.10. The van der Waals surface area contributed by atoms with Gasteiger partial charge in [-0.2, -0.15) is 0 Å². The van der Waals surface area contributed by atoms with Crippen molar-refractivity contribution in [2.24, 2.45) is 0 Å². The number of rotatable bonds is 5. The minimum absolute atomic E-state index is 0.278. The van der Waals surface area contributed by atoms with Crippen LogP contribution in [0.5, 0.6) is 17.2 Å². The molecule has 0 saturated carbocycles. The fourth-order valence-corrected chi connectivity index (χ4v) is 2.46. The number of pyridine rings is 2. The molecule has 0 aliphatic rings. The first kappa shape index (κ1) is 17.3. The molecule has 140 valence electrons. The summed E-state index contributed by atoms with van der Waals surface area (Å²) in [7, 11) is 1.54. The Morgan fingerprint density at radius 1 is 1.07 bits per heavy atom. The van der Waals surface area contributed by atoms with Crippen molar-refractivity contribution in [2.75, 3.05) is 12.4 Å². The highest BCUT2D eigenvalue weighted by molar-refractivity contribution is 6.08. The van der Waals surface area contributed by atoms with Crippen molar-refractivity contribution < 1.29 is 14.3 Å². The van der Waals surface area contributed by atoms with Gasteiger partial charge in [-0.1, -0.05) is 0 Å². The molecular formula is C18H15N7O3. The maximum absolute atomic E-state index is 12.8. The van der Waals surface area contributed by atoms with E-state index in [9.17, 15) is 4.79 Å². The van der Waals surface area contributed by atoms with Crippen LogP contribution >= 0.6 is 0 Å². The minimum Gasteiger partial charge on any atom is -0.495 e. The van der Waals surface area contributed by atoms with Crippen LogP contribution in [0, 0.1) is 6.92 Å². The monoisotopic (exact) mass is 377 g/mol. The SMILES string of the molecule is COc1ccc(NC(=O)c2cc(Oc3cnc(C)nc3)cn3cnnc23)nc1. The van der Waals surface area contributed by atoms with Crippen LogP contribution in [0.1, 0.15) is 16.2 Å². The number of methoxy groups -OCH3 is 1. The summed E-state index contributed by atoms with van der Waals surface area (Å²) in [5.74, 6) is 2.05. The van der Waals surface area contributed by atoms with Gasteiger partial charge >= 0.3 is 0 Å². The summed E-state index contributed by atoms with van der Waals surface area (Å²) in [5, 5.41) is 10.6. The number of carbonyl (C=O) groups is 1. The maximum atomic E-state index is 12.8. The number of nitrogens with zero attached hydrogens (tertiary/aromatic N) is 6. The highest BCUT2D eigenvalue weighted by Gasteiger charge is 2.16. The smallest absolute Gasteiger partial charge is 0.260 e. The second-order valence-corrected chi connectivity index (χ2v) is 5.76. The van der Waals surface area contributed by atoms with Gasteiger partial charge in [0, 0.05) is 0 Å². The first-order chi connectivity index (χ1) is 13.6. The number of carbonyl (C=O) groups excluding carboxylic acids is 1. The van der Waals surface area contributed by atoms with Crippen LogP contribution in [-0.2, 0) is 0 Å². The molecule has 0 fully saturated rings. The summed E-state index contributed by atoms with van der Waals surface area (Å²) >= 11 is 0. The number of fused-ring (bicyclic) bond motifs is 1. The Bertz CT molecular complexity index is 1120. The molecule has 4 aromatic heterocycles. The Kier molecular flexibility index (Phi) is 4.50. The molecule has 0 aliphatic carbocycles. The first-order valence-corrected chi connectivity index (χ1v) is 8.23. The Morgan fingerprint density at radius 2 is 1.86 bits per heavy atom. The highest BCUT2D eigenvalue weighted by atomic mass is 16.5. The molecule has 10 nitrogen and oxygen atoms in total. The van der Waals surface area contributed by atoms with E-state index in [1.165, 1.54) is 12.5 Å². The van der Waals surface area contributed by atoms with Gasteiger partial charge in [0.1, 0.15) is 29.5 Å². The zero-order chi connectivity index (χ0) is 19.5. The van der Waals surface area contributed by atoms with Crippen LogP contribution in [0.3, 0.4) is 0 Å². The Hall–Kier alpha value is -4.08. The second kappa shape index (κ2) is 7.27. The number of hydrogen-bond acceptors (Lipinski definition) is 8. The predicted molar refractivity (Wildman–Crippen MR) is 98.6 cm³/mol. The molecule has 1 amide bonds. The molecule has 4 heterocycles. The number of ether oxygens (including phenoxy) is 2. The van der Waals surface area contributed by atoms with Crippen molar-refractivity contribution >= 4 is 17.4 Å². The van der Waals surface area contributed by atoms with E-state index in [-0.39, 0.29) is 5.56 Å².